The van der Waals surface area contributed by atoms with E-state index in [-0.39, 0.29) is 12.0 Å². The number of carbonyl (C=O) groups excluding carboxylic acids is 1. The molecule has 0 saturated carbocycles. The van der Waals surface area contributed by atoms with Gasteiger partial charge in [0, 0.05) is 11.3 Å². The van der Waals surface area contributed by atoms with E-state index in [2.05, 4.69) is 60.9 Å². The molecular weight excluding hydrogens is 424 g/mol. The number of benzene rings is 2. The van der Waals surface area contributed by atoms with E-state index in [0.717, 1.165) is 29.7 Å². The van der Waals surface area contributed by atoms with Crippen LogP contribution in [-0.4, -0.2) is 18.2 Å². The maximum absolute atomic E-state index is 12.3. The highest BCUT2D eigenvalue weighted by Crippen LogP contribution is 2.30. The molecule has 0 bridgehead atoms. The van der Waals surface area contributed by atoms with Crippen LogP contribution >= 0.6 is 23.6 Å². The molecule has 31 heavy (non-hydrogen) atoms. The third kappa shape index (κ3) is 6.39. The molecule has 3 rings (SSSR count). The molecule has 0 aliphatic heterocycles. The zero-order valence-corrected chi connectivity index (χ0v) is 19.7. The van der Waals surface area contributed by atoms with E-state index in [1.165, 1.54) is 29.6 Å². The number of ether oxygens (including phenoxy) is 1. The first kappa shape index (κ1) is 23.0. The summed E-state index contributed by atoms with van der Waals surface area (Å²) in [7, 11) is 1.39. The molecule has 0 amide bonds. The van der Waals surface area contributed by atoms with Crippen LogP contribution in [0.3, 0.4) is 0 Å². The minimum absolute atomic E-state index is 0.0426. The van der Waals surface area contributed by atoms with Crippen molar-refractivity contribution in [3.05, 3.63) is 87.8 Å². The largest absolute Gasteiger partial charge is 0.465 e. The van der Waals surface area contributed by atoms with Gasteiger partial charge in [0.05, 0.1) is 18.7 Å². The number of hydrogen-bond acceptors (Lipinski definition) is 4. The molecule has 0 saturated heterocycles. The van der Waals surface area contributed by atoms with Gasteiger partial charge in [0.1, 0.15) is 5.00 Å². The fourth-order valence-corrected chi connectivity index (χ4v) is 4.79. The maximum atomic E-state index is 12.3. The number of nitrogens with one attached hydrogen (secondary N) is 2. The summed E-state index contributed by atoms with van der Waals surface area (Å²) in [5.41, 5.74) is 4.19. The van der Waals surface area contributed by atoms with Crippen LogP contribution in [0.15, 0.2) is 60.7 Å². The van der Waals surface area contributed by atoms with Gasteiger partial charge in [-0.05, 0) is 48.3 Å². The van der Waals surface area contributed by atoms with Crippen molar-refractivity contribution >= 4 is 39.6 Å². The lowest BCUT2D eigenvalue weighted by Crippen LogP contribution is -2.31. The van der Waals surface area contributed by atoms with Crippen LogP contribution in [-0.2, 0) is 17.6 Å². The number of thiocarbonyl (C=S) groups is 1. The Morgan fingerprint density at radius 1 is 1.10 bits per heavy atom. The molecule has 0 aliphatic carbocycles. The van der Waals surface area contributed by atoms with E-state index in [1.54, 1.807) is 0 Å². The molecule has 1 unspecified atom stereocenters. The molecule has 6 heteroatoms. The Balaban J connectivity index is 1.69. The molecule has 1 atom stereocenters. The number of methoxy groups -OCH3 is 1. The van der Waals surface area contributed by atoms with Crippen molar-refractivity contribution in [2.45, 2.75) is 39.2 Å². The lowest BCUT2D eigenvalue weighted by atomic mass is 10.0. The monoisotopic (exact) mass is 452 g/mol. The Morgan fingerprint density at radius 2 is 1.81 bits per heavy atom. The zero-order valence-electron chi connectivity index (χ0n) is 18.1. The number of carbonyl (C=O) groups is 1. The summed E-state index contributed by atoms with van der Waals surface area (Å²) in [6.07, 6.45) is 2.97. The molecule has 0 fully saturated rings. The van der Waals surface area contributed by atoms with Crippen molar-refractivity contribution in [2.75, 3.05) is 12.4 Å². The Bertz CT molecular complexity index is 1010. The Morgan fingerprint density at radius 3 is 2.45 bits per heavy atom. The van der Waals surface area contributed by atoms with E-state index < -0.39 is 0 Å². The summed E-state index contributed by atoms with van der Waals surface area (Å²) in [6.45, 7) is 4.25. The van der Waals surface area contributed by atoms with Crippen LogP contribution < -0.4 is 10.6 Å². The van der Waals surface area contributed by atoms with Crippen molar-refractivity contribution < 1.29 is 9.53 Å². The van der Waals surface area contributed by atoms with Crippen LogP contribution in [0.2, 0.25) is 0 Å². The molecule has 0 radical (unpaired) electrons. The van der Waals surface area contributed by atoms with Crippen LogP contribution in [0.1, 0.15) is 58.2 Å². The fourth-order valence-electron chi connectivity index (χ4n) is 3.36. The molecule has 0 spiro atoms. The third-order valence-corrected chi connectivity index (χ3v) is 6.27. The molecule has 2 aromatic carbocycles. The summed E-state index contributed by atoms with van der Waals surface area (Å²) in [5, 5.41) is 7.69. The van der Waals surface area contributed by atoms with Crippen molar-refractivity contribution in [1.29, 1.82) is 0 Å². The Labute approximate surface area is 193 Å². The van der Waals surface area contributed by atoms with Crippen molar-refractivity contribution in [1.82, 2.24) is 5.32 Å². The van der Waals surface area contributed by atoms with Gasteiger partial charge < -0.3 is 15.4 Å². The highest BCUT2D eigenvalue weighted by atomic mass is 32.1. The van der Waals surface area contributed by atoms with Gasteiger partial charge in [0.15, 0.2) is 5.11 Å². The third-order valence-electron chi connectivity index (χ3n) is 5.00. The quantitative estimate of drug-likeness (QED) is 0.318. The van der Waals surface area contributed by atoms with Crippen LogP contribution in [0.4, 0.5) is 5.00 Å². The average molecular weight is 453 g/mol. The number of thiophene rings is 1. The van der Waals surface area contributed by atoms with Gasteiger partial charge >= 0.3 is 5.97 Å². The molecular formula is C25H28N2O2S2. The summed E-state index contributed by atoms with van der Waals surface area (Å²) in [4.78, 5) is 13.4. The van der Waals surface area contributed by atoms with Crippen molar-refractivity contribution in [3.8, 4) is 0 Å². The normalized spacial score (nSPS) is 11.6. The van der Waals surface area contributed by atoms with Gasteiger partial charge in [-0.1, -0.05) is 67.9 Å². The highest BCUT2D eigenvalue weighted by molar-refractivity contribution is 7.80. The Kier molecular flexibility index (Phi) is 8.20. The van der Waals surface area contributed by atoms with Crippen LogP contribution in [0, 0.1) is 0 Å². The molecule has 1 aromatic heterocycles. The summed E-state index contributed by atoms with van der Waals surface area (Å²) in [5.74, 6) is -0.375. The number of aryl methyl sites for hydroxylation is 1. The Hall–Kier alpha value is -2.70. The van der Waals surface area contributed by atoms with Gasteiger partial charge in [-0.15, -0.1) is 11.3 Å². The van der Waals surface area contributed by atoms with E-state index in [9.17, 15) is 4.79 Å². The van der Waals surface area contributed by atoms with Crippen LogP contribution in [0.5, 0.6) is 0 Å². The first-order chi connectivity index (χ1) is 15.0. The average Bonchev–Trinajstić information content (AvgIpc) is 3.16. The standard InChI is InChI=1S/C25H28N2O2S2/c1-4-8-18-11-13-20(14-12-18)17(2)26-25(30)27-23-22(24(28)29-3)16-21(31-23)15-19-9-6-5-7-10-19/h5-7,9-14,16-17H,4,8,15H2,1-3H3,(H2,26,27,30). The van der Waals surface area contributed by atoms with Crippen molar-refractivity contribution in [3.63, 3.8) is 0 Å². The van der Waals surface area contributed by atoms with Gasteiger partial charge in [0.2, 0.25) is 0 Å². The second-order valence-corrected chi connectivity index (χ2v) is 8.97. The predicted octanol–water partition coefficient (Wildman–Crippen LogP) is 6.13. The first-order valence-corrected chi connectivity index (χ1v) is 11.6. The zero-order chi connectivity index (χ0) is 22.2. The number of anilines is 1. The predicted molar refractivity (Wildman–Crippen MR) is 133 cm³/mol. The highest BCUT2D eigenvalue weighted by Gasteiger charge is 2.18. The summed E-state index contributed by atoms with van der Waals surface area (Å²) in [6, 6.07) is 20.7. The van der Waals surface area contributed by atoms with Gasteiger partial charge in [-0.3, -0.25) is 0 Å². The van der Waals surface area contributed by atoms with Crippen molar-refractivity contribution in [2.24, 2.45) is 0 Å². The smallest absolute Gasteiger partial charge is 0.340 e. The molecule has 3 aromatic rings. The van der Waals surface area contributed by atoms with E-state index in [4.69, 9.17) is 17.0 Å². The summed E-state index contributed by atoms with van der Waals surface area (Å²) >= 11 is 7.05. The SMILES string of the molecule is CCCc1ccc(C(C)NC(=S)Nc2sc(Cc3ccccc3)cc2C(=O)OC)cc1. The lowest BCUT2D eigenvalue weighted by Gasteiger charge is -2.17. The fraction of sp³-hybridized carbons (Fsp3) is 0.280. The molecule has 4 nitrogen and oxygen atoms in total. The van der Waals surface area contributed by atoms with Crippen LogP contribution in [0.25, 0.3) is 0 Å². The minimum atomic E-state index is -0.375. The number of esters is 1. The second kappa shape index (κ2) is 11.1. The maximum Gasteiger partial charge on any atom is 0.340 e. The first-order valence-electron chi connectivity index (χ1n) is 10.4. The molecule has 162 valence electrons. The van der Waals surface area contributed by atoms with Gasteiger partial charge in [-0.2, -0.15) is 0 Å². The van der Waals surface area contributed by atoms with Gasteiger partial charge in [0.25, 0.3) is 0 Å². The number of hydrogen-bond donors (Lipinski definition) is 2. The van der Waals surface area contributed by atoms with E-state index in [0.29, 0.717) is 15.7 Å². The second-order valence-electron chi connectivity index (χ2n) is 7.42. The molecule has 2 N–H and O–H groups in total. The number of rotatable bonds is 8. The van der Waals surface area contributed by atoms with E-state index in [1.807, 2.05) is 24.3 Å². The molecule has 0 aliphatic rings. The molecule has 1 heterocycles. The summed E-state index contributed by atoms with van der Waals surface area (Å²) < 4.78 is 4.97. The lowest BCUT2D eigenvalue weighted by molar-refractivity contribution is 0.0602. The topological polar surface area (TPSA) is 50.4 Å². The van der Waals surface area contributed by atoms with E-state index >= 15 is 0 Å². The minimum Gasteiger partial charge on any atom is -0.465 e. The van der Waals surface area contributed by atoms with Gasteiger partial charge in [-0.25, -0.2) is 4.79 Å².